The van der Waals surface area contributed by atoms with Gasteiger partial charge in [0.1, 0.15) is 0 Å². The molecular formula is C13H22N4O. The molecule has 1 saturated heterocycles. The number of nitrogens with zero attached hydrogens (tertiary/aromatic N) is 3. The maximum atomic E-state index is 12.0. The lowest BCUT2D eigenvalue weighted by Crippen LogP contribution is -2.43. The molecule has 2 rings (SSSR count). The molecule has 5 nitrogen and oxygen atoms in total. The van der Waals surface area contributed by atoms with E-state index in [9.17, 15) is 4.79 Å². The van der Waals surface area contributed by atoms with Crippen molar-refractivity contribution in [2.45, 2.75) is 33.2 Å². The molecule has 0 aliphatic carbocycles. The summed E-state index contributed by atoms with van der Waals surface area (Å²) in [5, 5.41) is 7.14. The molecule has 1 aliphatic heterocycles. The van der Waals surface area contributed by atoms with Crippen LogP contribution in [0.5, 0.6) is 0 Å². The summed E-state index contributed by atoms with van der Waals surface area (Å²) in [5.74, 6) is 0.745. The van der Waals surface area contributed by atoms with Gasteiger partial charge in [-0.15, -0.1) is 0 Å². The molecule has 0 bridgehead atoms. The van der Waals surface area contributed by atoms with Gasteiger partial charge in [-0.05, 0) is 25.7 Å². The van der Waals surface area contributed by atoms with Crippen LogP contribution in [0.2, 0.25) is 0 Å². The Morgan fingerprint density at radius 3 is 2.72 bits per heavy atom. The van der Waals surface area contributed by atoms with Crippen molar-refractivity contribution in [3.63, 3.8) is 0 Å². The normalized spacial score (nSPS) is 16.9. The SMILES string of the molecule is Cc1c(CNC(=O)N2CCC(C)CC2)cnn1C. The van der Waals surface area contributed by atoms with E-state index in [2.05, 4.69) is 17.3 Å². The molecule has 100 valence electrons. The van der Waals surface area contributed by atoms with E-state index in [0.29, 0.717) is 6.54 Å². The van der Waals surface area contributed by atoms with Crippen LogP contribution in [0.15, 0.2) is 6.20 Å². The molecule has 0 radical (unpaired) electrons. The van der Waals surface area contributed by atoms with E-state index in [1.807, 2.05) is 29.7 Å². The molecule has 18 heavy (non-hydrogen) atoms. The molecule has 1 fully saturated rings. The number of hydrogen-bond acceptors (Lipinski definition) is 2. The molecule has 0 atom stereocenters. The van der Waals surface area contributed by atoms with E-state index in [1.165, 1.54) is 0 Å². The van der Waals surface area contributed by atoms with Crippen molar-refractivity contribution >= 4 is 6.03 Å². The fourth-order valence-corrected chi connectivity index (χ4v) is 2.21. The minimum Gasteiger partial charge on any atom is -0.334 e. The van der Waals surface area contributed by atoms with Crippen molar-refractivity contribution < 1.29 is 4.79 Å². The zero-order valence-corrected chi connectivity index (χ0v) is 11.4. The average Bonchev–Trinajstić information content (AvgIpc) is 2.68. The Morgan fingerprint density at radius 1 is 1.50 bits per heavy atom. The minimum absolute atomic E-state index is 0.0464. The molecule has 5 heteroatoms. The van der Waals surface area contributed by atoms with Gasteiger partial charge in [0.25, 0.3) is 0 Å². The highest BCUT2D eigenvalue weighted by atomic mass is 16.2. The summed E-state index contributed by atoms with van der Waals surface area (Å²) in [4.78, 5) is 13.9. The maximum absolute atomic E-state index is 12.0. The maximum Gasteiger partial charge on any atom is 0.317 e. The first-order chi connectivity index (χ1) is 8.58. The van der Waals surface area contributed by atoms with Crippen LogP contribution in [0.3, 0.4) is 0 Å². The molecular weight excluding hydrogens is 228 g/mol. The molecule has 0 saturated carbocycles. The van der Waals surface area contributed by atoms with Gasteiger partial charge in [0.15, 0.2) is 0 Å². The standard InChI is InChI=1S/C13H22N4O/c1-10-4-6-17(7-5-10)13(18)14-8-12-9-15-16(3)11(12)2/h9-10H,4-8H2,1-3H3,(H,14,18). The van der Waals surface area contributed by atoms with Gasteiger partial charge in [0.2, 0.25) is 0 Å². The summed E-state index contributed by atoms with van der Waals surface area (Å²) in [6.45, 7) is 6.56. The zero-order valence-electron chi connectivity index (χ0n) is 11.4. The Labute approximate surface area is 108 Å². The van der Waals surface area contributed by atoms with E-state index in [1.54, 1.807) is 0 Å². The number of likely N-dealkylation sites (tertiary alicyclic amines) is 1. The molecule has 0 aromatic carbocycles. The van der Waals surface area contributed by atoms with Crippen molar-refractivity contribution in [2.24, 2.45) is 13.0 Å². The van der Waals surface area contributed by atoms with Gasteiger partial charge in [0, 0.05) is 37.9 Å². The van der Waals surface area contributed by atoms with Crippen molar-refractivity contribution in [2.75, 3.05) is 13.1 Å². The highest BCUT2D eigenvalue weighted by molar-refractivity contribution is 5.74. The first kappa shape index (κ1) is 12.9. The number of aromatic nitrogens is 2. The summed E-state index contributed by atoms with van der Waals surface area (Å²) in [6.07, 6.45) is 4.03. The monoisotopic (exact) mass is 250 g/mol. The number of rotatable bonds is 2. The van der Waals surface area contributed by atoms with E-state index < -0.39 is 0 Å². The lowest BCUT2D eigenvalue weighted by molar-refractivity contribution is 0.173. The molecule has 1 N–H and O–H groups in total. The number of amides is 2. The third-order valence-electron chi connectivity index (χ3n) is 3.84. The molecule has 2 heterocycles. The second-order valence-corrected chi connectivity index (χ2v) is 5.21. The molecule has 1 aromatic rings. The van der Waals surface area contributed by atoms with Gasteiger partial charge < -0.3 is 10.2 Å². The van der Waals surface area contributed by atoms with Crippen LogP contribution in [0.4, 0.5) is 4.79 Å². The Kier molecular flexibility index (Phi) is 3.89. The third-order valence-corrected chi connectivity index (χ3v) is 3.84. The van der Waals surface area contributed by atoms with Gasteiger partial charge in [-0.1, -0.05) is 6.92 Å². The van der Waals surface area contributed by atoms with E-state index in [-0.39, 0.29) is 6.03 Å². The number of urea groups is 1. The topological polar surface area (TPSA) is 50.2 Å². The fraction of sp³-hybridized carbons (Fsp3) is 0.692. The lowest BCUT2D eigenvalue weighted by atomic mass is 10.00. The van der Waals surface area contributed by atoms with Crippen molar-refractivity contribution in [1.82, 2.24) is 20.0 Å². The van der Waals surface area contributed by atoms with Crippen molar-refractivity contribution in [3.05, 3.63) is 17.5 Å². The predicted molar refractivity (Wildman–Crippen MR) is 70.2 cm³/mol. The van der Waals surface area contributed by atoms with Crippen LogP contribution >= 0.6 is 0 Å². The van der Waals surface area contributed by atoms with Crippen molar-refractivity contribution in [1.29, 1.82) is 0 Å². The molecule has 0 spiro atoms. The predicted octanol–water partition coefficient (Wildman–Crippen LogP) is 1.67. The van der Waals surface area contributed by atoms with Crippen LogP contribution in [0.1, 0.15) is 31.0 Å². The largest absolute Gasteiger partial charge is 0.334 e. The van der Waals surface area contributed by atoms with E-state index >= 15 is 0 Å². The first-order valence-electron chi connectivity index (χ1n) is 6.58. The Hall–Kier alpha value is -1.52. The van der Waals surface area contributed by atoms with E-state index in [4.69, 9.17) is 0 Å². The van der Waals surface area contributed by atoms with Crippen LogP contribution in [0, 0.1) is 12.8 Å². The van der Waals surface area contributed by atoms with Gasteiger partial charge in [0.05, 0.1) is 6.20 Å². The number of carbonyl (C=O) groups excluding carboxylic acids is 1. The summed E-state index contributed by atoms with van der Waals surface area (Å²) >= 11 is 0. The highest BCUT2D eigenvalue weighted by Crippen LogP contribution is 2.16. The smallest absolute Gasteiger partial charge is 0.317 e. The fourth-order valence-electron chi connectivity index (χ4n) is 2.21. The number of carbonyl (C=O) groups is 1. The summed E-state index contributed by atoms with van der Waals surface area (Å²) in [5.41, 5.74) is 2.18. The van der Waals surface area contributed by atoms with Crippen LogP contribution < -0.4 is 5.32 Å². The summed E-state index contributed by atoms with van der Waals surface area (Å²) in [7, 11) is 1.91. The zero-order chi connectivity index (χ0) is 13.1. The quantitative estimate of drug-likeness (QED) is 0.868. The molecule has 0 unspecified atom stereocenters. The van der Waals surface area contributed by atoms with Gasteiger partial charge in [-0.3, -0.25) is 4.68 Å². The van der Waals surface area contributed by atoms with E-state index in [0.717, 1.165) is 43.1 Å². The second kappa shape index (κ2) is 5.42. The molecule has 1 aliphatic rings. The van der Waals surface area contributed by atoms with Gasteiger partial charge >= 0.3 is 6.03 Å². The van der Waals surface area contributed by atoms with Crippen LogP contribution in [-0.2, 0) is 13.6 Å². The number of nitrogens with one attached hydrogen (secondary N) is 1. The first-order valence-corrected chi connectivity index (χ1v) is 6.58. The Balaban J connectivity index is 1.83. The van der Waals surface area contributed by atoms with Gasteiger partial charge in [-0.25, -0.2) is 4.79 Å². The van der Waals surface area contributed by atoms with Gasteiger partial charge in [-0.2, -0.15) is 5.10 Å². The summed E-state index contributed by atoms with van der Waals surface area (Å²) in [6, 6.07) is 0.0464. The number of hydrogen-bond donors (Lipinski definition) is 1. The van der Waals surface area contributed by atoms with Crippen LogP contribution in [0.25, 0.3) is 0 Å². The lowest BCUT2D eigenvalue weighted by Gasteiger charge is -2.30. The average molecular weight is 250 g/mol. The minimum atomic E-state index is 0.0464. The molecule has 1 aromatic heterocycles. The molecule has 2 amide bonds. The Bertz CT molecular complexity index is 419. The van der Waals surface area contributed by atoms with Crippen molar-refractivity contribution in [3.8, 4) is 0 Å². The third kappa shape index (κ3) is 2.83. The second-order valence-electron chi connectivity index (χ2n) is 5.21. The highest BCUT2D eigenvalue weighted by Gasteiger charge is 2.20. The number of aryl methyl sites for hydroxylation is 1. The van der Waals surface area contributed by atoms with Crippen LogP contribution in [-0.4, -0.2) is 33.8 Å². The Morgan fingerprint density at radius 2 is 2.17 bits per heavy atom. The summed E-state index contributed by atoms with van der Waals surface area (Å²) < 4.78 is 1.82. The number of piperidine rings is 1.